The maximum Gasteiger partial charge on any atom is 0.248 e. The number of amides is 3. The molecule has 7 nitrogen and oxygen atoms in total. The quantitative estimate of drug-likeness (QED) is 0.465. The molecule has 4 rings (SSSR count). The lowest BCUT2D eigenvalue weighted by Gasteiger charge is -2.34. The van der Waals surface area contributed by atoms with Gasteiger partial charge >= 0.3 is 0 Å². The molecule has 3 aliphatic rings. The summed E-state index contributed by atoms with van der Waals surface area (Å²) >= 11 is 1.70. The number of benzene rings is 1. The van der Waals surface area contributed by atoms with E-state index >= 15 is 0 Å². The first-order valence-corrected chi connectivity index (χ1v) is 13.2. The predicted octanol–water partition coefficient (Wildman–Crippen LogP) is 3.02. The molecule has 3 saturated heterocycles. The molecule has 0 saturated carbocycles. The molecule has 3 aliphatic heterocycles. The Morgan fingerprint density at radius 1 is 1.15 bits per heavy atom. The lowest BCUT2D eigenvalue weighted by Crippen LogP contribution is -2.52. The van der Waals surface area contributed by atoms with Crippen LogP contribution < -0.4 is 10.6 Å². The lowest BCUT2D eigenvalue weighted by molar-refractivity contribution is -0.140. The van der Waals surface area contributed by atoms with Crippen LogP contribution in [0.15, 0.2) is 18.2 Å². The Morgan fingerprint density at radius 3 is 2.59 bits per heavy atom. The fourth-order valence-corrected chi connectivity index (χ4v) is 8.70. The molecule has 8 heteroatoms. The molecule has 186 valence electrons. The number of hydrogen-bond acceptors (Lipinski definition) is 5. The number of thioether (sulfide) groups is 1. The van der Waals surface area contributed by atoms with Gasteiger partial charge in [-0.2, -0.15) is 0 Å². The number of aryl methyl sites for hydroxylation is 2. The molecule has 3 amide bonds. The number of fused-ring (bicyclic) bond motifs is 1. The summed E-state index contributed by atoms with van der Waals surface area (Å²) in [7, 11) is 1.62. The monoisotopic (exact) mass is 487 g/mol. The van der Waals surface area contributed by atoms with Crippen LogP contribution in [0, 0.1) is 25.7 Å². The smallest absolute Gasteiger partial charge is 0.248 e. The summed E-state index contributed by atoms with van der Waals surface area (Å²) in [5, 5.41) is 15.0. The topological polar surface area (TPSA) is 98.7 Å². The first-order valence-electron chi connectivity index (χ1n) is 12.4. The van der Waals surface area contributed by atoms with Crippen LogP contribution in [0.3, 0.4) is 0 Å². The zero-order valence-electron chi connectivity index (χ0n) is 20.6. The Kier molecular flexibility index (Phi) is 7.02. The second kappa shape index (κ2) is 9.53. The Balaban J connectivity index is 1.67. The highest BCUT2D eigenvalue weighted by molar-refractivity contribution is 8.02. The maximum atomic E-state index is 13.9. The number of hydrogen-bond donors (Lipinski definition) is 3. The third kappa shape index (κ3) is 4.02. The Bertz CT molecular complexity index is 985. The molecule has 3 N–H and O–H groups in total. The zero-order chi connectivity index (χ0) is 24.7. The van der Waals surface area contributed by atoms with Gasteiger partial charge in [0.15, 0.2) is 0 Å². The van der Waals surface area contributed by atoms with Gasteiger partial charge in [0, 0.05) is 30.6 Å². The molecule has 1 aromatic rings. The molecule has 5 atom stereocenters. The minimum Gasteiger partial charge on any atom is -0.396 e. The summed E-state index contributed by atoms with van der Waals surface area (Å²) < 4.78 is -0.929. The van der Waals surface area contributed by atoms with Crippen LogP contribution in [-0.4, -0.2) is 63.5 Å². The van der Waals surface area contributed by atoms with Crippen molar-refractivity contribution in [3.05, 3.63) is 29.3 Å². The molecule has 34 heavy (non-hydrogen) atoms. The van der Waals surface area contributed by atoms with Crippen molar-refractivity contribution < 1.29 is 19.5 Å². The van der Waals surface area contributed by atoms with Crippen molar-refractivity contribution in [3.8, 4) is 0 Å². The fraction of sp³-hybridized carbons (Fsp3) is 0.654. The maximum absolute atomic E-state index is 13.9. The van der Waals surface area contributed by atoms with Gasteiger partial charge < -0.3 is 20.6 Å². The Hall–Kier alpha value is -2.06. The first-order chi connectivity index (χ1) is 16.2. The van der Waals surface area contributed by atoms with E-state index in [0.717, 1.165) is 55.3 Å². The zero-order valence-corrected chi connectivity index (χ0v) is 21.5. The Morgan fingerprint density at radius 2 is 1.88 bits per heavy atom. The number of unbranched alkanes of at least 4 members (excludes halogenated alkanes) is 3. The fourth-order valence-electron chi connectivity index (χ4n) is 6.34. The van der Waals surface area contributed by atoms with E-state index in [0.29, 0.717) is 6.54 Å². The summed E-state index contributed by atoms with van der Waals surface area (Å²) in [5.41, 5.74) is 2.81. The third-order valence-corrected chi connectivity index (χ3v) is 10.00. The van der Waals surface area contributed by atoms with Crippen LogP contribution >= 0.6 is 11.8 Å². The first kappa shape index (κ1) is 25.0. The standard InChI is InChI=1S/C26H37N3O4S/c1-16-9-10-17(2)18(15-16)28-23(32)21-26-12-11-25(3,34-26)19(22(31)27-4)20(26)24(33)29(21)13-7-5-6-8-14-30/h9-10,15,19-21,30H,5-8,11-14H2,1-4H3,(H,27,31)(H,28,32)/t19-,20-,21?,25+,26?/m0/s1. The number of nitrogens with zero attached hydrogens (tertiary/aromatic N) is 1. The van der Waals surface area contributed by atoms with Crippen LogP contribution in [0.2, 0.25) is 0 Å². The molecular formula is C26H37N3O4S. The van der Waals surface area contributed by atoms with Crippen molar-refractivity contribution >= 4 is 35.2 Å². The highest BCUT2D eigenvalue weighted by Crippen LogP contribution is 2.71. The van der Waals surface area contributed by atoms with Gasteiger partial charge in [0.2, 0.25) is 17.7 Å². The normalized spacial score (nSPS) is 31.6. The van der Waals surface area contributed by atoms with Crippen molar-refractivity contribution in [2.45, 2.75) is 74.8 Å². The number of likely N-dealkylation sites (tertiary alicyclic amines) is 1. The molecule has 0 radical (unpaired) electrons. The molecular weight excluding hydrogens is 450 g/mol. The molecule has 2 unspecified atom stereocenters. The average molecular weight is 488 g/mol. The molecule has 3 heterocycles. The predicted molar refractivity (Wildman–Crippen MR) is 135 cm³/mol. The van der Waals surface area contributed by atoms with Crippen molar-refractivity contribution in [2.24, 2.45) is 11.8 Å². The van der Waals surface area contributed by atoms with Crippen LogP contribution in [0.25, 0.3) is 0 Å². The number of anilines is 1. The largest absolute Gasteiger partial charge is 0.396 e. The second-order valence-corrected chi connectivity index (χ2v) is 12.2. The van der Waals surface area contributed by atoms with Crippen molar-refractivity contribution in [3.63, 3.8) is 0 Å². The van der Waals surface area contributed by atoms with E-state index in [4.69, 9.17) is 5.11 Å². The van der Waals surface area contributed by atoms with Gasteiger partial charge in [0.1, 0.15) is 6.04 Å². The summed E-state index contributed by atoms with van der Waals surface area (Å²) in [6, 6.07) is 5.36. The summed E-state index contributed by atoms with van der Waals surface area (Å²) in [6.07, 6.45) is 4.86. The minimum absolute atomic E-state index is 0.0622. The van der Waals surface area contributed by atoms with Gasteiger partial charge in [-0.25, -0.2) is 0 Å². The van der Waals surface area contributed by atoms with Crippen molar-refractivity contribution in [2.75, 3.05) is 25.5 Å². The highest BCUT2D eigenvalue weighted by Gasteiger charge is 2.76. The summed E-state index contributed by atoms with van der Waals surface area (Å²) in [4.78, 5) is 42.5. The number of carbonyl (C=O) groups is 3. The van der Waals surface area contributed by atoms with E-state index in [-0.39, 0.29) is 29.1 Å². The van der Waals surface area contributed by atoms with Crippen LogP contribution in [0.5, 0.6) is 0 Å². The van der Waals surface area contributed by atoms with E-state index in [2.05, 4.69) is 17.6 Å². The van der Waals surface area contributed by atoms with Crippen LogP contribution in [0.4, 0.5) is 5.69 Å². The average Bonchev–Trinajstić information content (AvgIpc) is 3.36. The van der Waals surface area contributed by atoms with Gasteiger partial charge in [0.05, 0.1) is 16.6 Å². The van der Waals surface area contributed by atoms with Crippen LogP contribution in [-0.2, 0) is 14.4 Å². The van der Waals surface area contributed by atoms with E-state index in [1.54, 1.807) is 23.7 Å². The van der Waals surface area contributed by atoms with Crippen molar-refractivity contribution in [1.82, 2.24) is 10.2 Å². The van der Waals surface area contributed by atoms with Gasteiger partial charge in [0.25, 0.3) is 0 Å². The molecule has 1 aromatic carbocycles. The summed E-state index contributed by atoms with van der Waals surface area (Å²) in [5.74, 6) is -1.24. The minimum atomic E-state index is -0.607. The van der Waals surface area contributed by atoms with Gasteiger partial charge in [-0.15, -0.1) is 11.8 Å². The highest BCUT2D eigenvalue weighted by atomic mass is 32.2. The summed E-state index contributed by atoms with van der Waals surface area (Å²) in [6.45, 7) is 6.69. The molecule has 0 aromatic heterocycles. The van der Waals surface area contributed by atoms with Crippen molar-refractivity contribution in [1.29, 1.82) is 0 Å². The third-order valence-electron chi connectivity index (χ3n) is 8.01. The van der Waals surface area contributed by atoms with E-state index < -0.39 is 22.6 Å². The van der Waals surface area contributed by atoms with Gasteiger partial charge in [-0.1, -0.05) is 25.0 Å². The number of rotatable bonds is 9. The Labute approximate surface area is 206 Å². The van der Waals surface area contributed by atoms with E-state index in [1.165, 1.54) is 0 Å². The molecule has 3 fully saturated rings. The van der Waals surface area contributed by atoms with Gasteiger partial charge in [-0.05, 0) is 63.6 Å². The number of aliphatic hydroxyl groups is 1. The molecule has 1 spiro atoms. The lowest BCUT2D eigenvalue weighted by atomic mass is 9.66. The van der Waals surface area contributed by atoms with E-state index in [1.807, 2.05) is 32.0 Å². The SMILES string of the molecule is CNC(=O)[C@@H]1[C@H]2C(=O)N(CCCCCCO)C(C(=O)Nc3cc(C)ccc3C)C23CC[C@@]1(C)S3. The number of nitrogens with one attached hydrogen (secondary N) is 2. The number of aliphatic hydroxyl groups excluding tert-OH is 1. The van der Waals surface area contributed by atoms with Gasteiger partial charge in [-0.3, -0.25) is 14.4 Å². The number of carbonyl (C=O) groups excluding carboxylic acids is 3. The molecule has 0 aliphatic carbocycles. The molecule has 2 bridgehead atoms. The van der Waals surface area contributed by atoms with E-state index in [9.17, 15) is 14.4 Å². The second-order valence-electron chi connectivity index (χ2n) is 10.3. The van der Waals surface area contributed by atoms with Crippen LogP contribution in [0.1, 0.15) is 56.6 Å².